The molecule has 0 aromatic heterocycles. The van der Waals surface area contributed by atoms with Crippen LogP contribution in [0.1, 0.15) is 6.92 Å². The summed E-state index contributed by atoms with van der Waals surface area (Å²) < 4.78 is 0. The molecule has 2 aliphatic rings. The Bertz CT molecular complexity index is 492. The molecule has 0 spiro atoms. The number of rotatable bonds is 2. The van der Waals surface area contributed by atoms with Gasteiger partial charge in [-0.1, -0.05) is 18.2 Å². The number of nitrogens with zero attached hydrogens (tertiary/aromatic N) is 2. The van der Waals surface area contributed by atoms with Crippen molar-refractivity contribution in [3.63, 3.8) is 0 Å². The molecule has 94 valence electrons. The summed E-state index contributed by atoms with van der Waals surface area (Å²) in [5.74, 6) is 0. The van der Waals surface area contributed by atoms with E-state index in [1.807, 2.05) is 37.3 Å². The number of para-hydroxylation sites is 1. The highest BCUT2D eigenvalue weighted by Crippen LogP contribution is 2.28. The number of hydrogen-bond acceptors (Lipinski definition) is 2. The summed E-state index contributed by atoms with van der Waals surface area (Å²) in [5, 5.41) is 6.87. The average Bonchev–Trinajstić information content (AvgIpc) is 2.84. The van der Waals surface area contributed by atoms with Crippen LogP contribution in [-0.2, 0) is 0 Å². The Morgan fingerprint density at radius 3 is 2.56 bits per heavy atom. The molecule has 3 rings (SSSR count). The molecule has 2 amide bonds. The fourth-order valence-corrected chi connectivity index (χ4v) is 2.73. The summed E-state index contributed by atoms with van der Waals surface area (Å²) in [5.41, 5.74) is 0.882. The van der Waals surface area contributed by atoms with Gasteiger partial charge in [0.1, 0.15) is 12.3 Å². The number of carbonyl (C=O) groups is 1. The topological polar surface area (TPSA) is 47.6 Å². The van der Waals surface area contributed by atoms with Crippen molar-refractivity contribution >= 4 is 29.0 Å². The second kappa shape index (κ2) is 4.13. The van der Waals surface area contributed by atoms with E-state index >= 15 is 0 Å². The number of nitrogens with one attached hydrogen (secondary N) is 2. The molecule has 1 aromatic rings. The van der Waals surface area contributed by atoms with Crippen molar-refractivity contribution < 1.29 is 4.79 Å². The Labute approximate surface area is 111 Å². The van der Waals surface area contributed by atoms with Gasteiger partial charge in [0.05, 0.1) is 0 Å². The molecule has 18 heavy (non-hydrogen) atoms. The second-order valence-corrected chi connectivity index (χ2v) is 4.69. The average molecular weight is 262 g/mol. The van der Waals surface area contributed by atoms with E-state index in [4.69, 9.17) is 12.2 Å². The predicted octanol–water partition coefficient (Wildman–Crippen LogP) is 1.08. The quantitative estimate of drug-likeness (QED) is 0.783. The zero-order valence-corrected chi connectivity index (χ0v) is 10.8. The van der Waals surface area contributed by atoms with Crippen molar-refractivity contribution in [2.24, 2.45) is 0 Å². The minimum absolute atomic E-state index is 0.00111. The van der Waals surface area contributed by atoms with Crippen molar-refractivity contribution in [1.29, 1.82) is 0 Å². The first-order valence-electron chi connectivity index (χ1n) is 5.94. The van der Waals surface area contributed by atoms with E-state index in [2.05, 4.69) is 10.6 Å². The molecule has 2 fully saturated rings. The van der Waals surface area contributed by atoms with Gasteiger partial charge in [-0.2, -0.15) is 0 Å². The molecule has 2 heterocycles. The van der Waals surface area contributed by atoms with Gasteiger partial charge in [0.15, 0.2) is 5.11 Å². The Balaban J connectivity index is 1.99. The normalized spacial score (nSPS) is 26.1. The highest BCUT2D eigenvalue weighted by Gasteiger charge is 2.49. The molecule has 5 nitrogen and oxygen atoms in total. The molecule has 2 aliphatic heterocycles. The van der Waals surface area contributed by atoms with E-state index in [0.717, 1.165) is 5.69 Å². The molecule has 1 aromatic carbocycles. The summed E-state index contributed by atoms with van der Waals surface area (Å²) in [6.45, 7) is 2.62. The lowest BCUT2D eigenvalue weighted by Crippen LogP contribution is -2.43. The van der Waals surface area contributed by atoms with Crippen LogP contribution in [-0.4, -0.2) is 34.9 Å². The van der Waals surface area contributed by atoms with Gasteiger partial charge < -0.3 is 15.5 Å². The van der Waals surface area contributed by atoms with E-state index in [1.54, 1.807) is 9.80 Å². The zero-order chi connectivity index (χ0) is 12.7. The highest BCUT2D eigenvalue weighted by molar-refractivity contribution is 7.80. The maximum absolute atomic E-state index is 12.4. The number of carbonyl (C=O) groups excluding carboxylic acids is 1. The van der Waals surface area contributed by atoms with Crippen LogP contribution in [0, 0.1) is 0 Å². The molecule has 2 N–H and O–H groups in total. The van der Waals surface area contributed by atoms with Crippen molar-refractivity contribution in [1.82, 2.24) is 15.5 Å². The summed E-state index contributed by atoms with van der Waals surface area (Å²) in [7, 11) is 0. The number of benzene rings is 1. The molecule has 0 radical (unpaired) electrons. The molecule has 0 unspecified atom stereocenters. The largest absolute Gasteiger partial charge is 0.339 e. The Morgan fingerprint density at radius 1 is 1.22 bits per heavy atom. The van der Waals surface area contributed by atoms with Crippen LogP contribution in [0.4, 0.5) is 10.5 Å². The third-order valence-electron chi connectivity index (χ3n) is 3.30. The van der Waals surface area contributed by atoms with Gasteiger partial charge in [-0.25, -0.2) is 4.79 Å². The van der Waals surface area contributed by atoms with Crippen molar-refractivity contribution in [3.05, 3.63) is 30.3 Å². The van der Waals surface area contributed by atoms with E-state index in [-0.39, 0.29) is 18.4 Å². The fraction of sp³-hybridized carbons (Fsp3) is 0.333. The summed E-state index contributed by atoms with van der Waals surface area (Å²) in [6, 6.07) is 9.64. The van der Waals surface area contributed by atoms with E-state index in [0.29, 0.717) is 11.7 Å². The maximum atomic E-state index is 12.4. The number of thiocarbonyl (C=S) groups is 1. The van der Waals surface area contributed by atoms with Crippen LogP contribution in [0.15, 0.2) is 30.3 Å². The molecular formula is C12H14N4OS. The minimum Gasteiger partial charge on any atom is -0.339 e. The molecule has 2 saturated heterocycles. The number of urea groups is 1. The molecular weight excluding hydrogens is 248 g/mol. The van der Waals surface area contributed by atoms with Crippen LogP contribution in [0.25, 0.3) is 0 Å². The zero-order valence-electron chi connectivity index (χ0n) is 9.96. The Kier molecular flexibility index (Phi) is 2.59. The number of anilines is 1. The summed E-state index contributed by atoms with van der Waals surface area (Å²) in [4.78, 5) is 15.9. The van der Waals surface area contributed by atoms with Crippen LogP contribution in [0.3, 0.4) is 0 Å². The predicted molar refractivity (Wildman–Crippen MR) is 73.1 cm³/mol. The maximum Gasteiger partial charge on any atom is 0.328 e. The van der Waals surface area contributed by atoms with Gasteiger partial charge >= 0.3 is 6.03 Å². The smallest absolute Gasteiger partial charge is 0.328 e. The number of fused-ring (bicyclic) bond motifs is 1. The third-order valence-corrected chi connectivity index (χ3v) is 3.53. The van der Waals surface area contributed by atoms with E-state index < -0.39 is 0 Å². The Hall–Kier alpha value is -1.82. The van der Waals surface area contributed by atoms with Crippen LogP contribution in [0.5, 0.6) is 0 Å². The van der Waals surface area contributed by atoms with Crippen molar-refractivity contribution in [2.45, 2.75) is 19.3 Å². The van der Waals surface area contributed by atoms with Gasteiger partial charge in [0.25, 0.3) is 0 Å². The first kappa shape index (κ1) is 11.3. The summed E-state index contributed by atoms with van der Waals surface area (Å²) in [6.07, 6.45) is -0.220. The highest BCUT2D eigenvalue weighted by atomic mass is 32.1. The molecule has 6 heteroatoms. The SMILES string of the molecule is CCN1C(=O)N(c2ccccc2)[C@@H]2NC(=S)N[C@@H]21. The van der Waals surface area contributed by atoms with Gasteiger partial charge in [-0.15, -0.1) is 0 Å². The first-order chi connectivity index (χ1) is 8.72. The van der Waals surface area contributed by atoms with Gasteiger partial charge in [-0.05, 0) is 31.3 Å². The van der Waals surface area contributed by atoms with E-state index in [1.165, 1.54) is 0 Å². The summed E-state index contributed by atoms with van der Waals surface area (Å²) >= 11 is 5.13. The lowest BCUT2D eigenvalue weighted by molar-refractivity contribution is 0.205. The van der Waals surface area contributed by atoms with Crippen molar-refractivity contribution in [2.75, 3.05) is 11.4 Å². The lowest BCUT2D eigenvalue weighted by atomic mass is 10.3. The van der Waals surface area contributed by atoms with Crippen LogP contribution in [0.2, 0.25) is 0 Å². The van der Waals surface area contributed by atoms with Crippen molar-refractivity contribution in [3.8, 4) is 0 Å². The number of amides is 2. The molecule has 0 aliphatic carbocycles. The van der Waals surface area contributed by atoms with E-state index in [9.17, 15) is 4.79 Å². The monoisotopic (exact) mass is 262 g/mol. The lowest BCUT2D eigenvalue weighted by Gasteiger charge is -2.22. The Morgan fingerprint density at radius 2 is 1.89 bits per heavy atom. The standard InChI is InChI=1S/C12H14N4OS/c1-2-15-9-10(14-11(18)13-9)16(12(15)17)8-6-4-3-5-7-8/h3-7,9-10H,2H2,1H3,(H2,13,14,18)/t9-,10+/m1/s1. The number of likely N-dealkylation sites (N-methyl/N-ethyl adjacent to an activating group) is 1. The fourth-order valence-electron chi connectivity index (χ4n) is 2.49. The third kappa shape index (κ3) is 1.53. The van der Waals surface area contributed by atoms with Crippen LogP contribution >= 0.6 is 12.2 Å². The molecule has 2 atom stereocenters. The minimum atomic E-state index is -0.132. The first-order valence-corrected chi connectivity index (χ1v) is 6.35. The second-order valence-electron chi connectivity index (χ2n) is 4.28. The molecule has 0 bridgehead atoms. The number of hydrogen-bond donors (Lipinski definition) is 2. The van der Waals surface area contributed by atoms with Gasteiger partial charge in [-0.3, -0.25) is 4.90 Å². The molecule has 0 saturated carbocycles. The van der Waals surface area contributed by atoms with Gasteiger partial charge in [0, 0.05) is 12.2 Å². The van der Waals surface area contributed by atoms with Gasteiger partial charge in [0.2, 0.25) is 0 Å². The van der Waals surface area contributed by atoms with Crippen LogP contribution < -0.4 is 15.5 Å².